The van der Waals surface area contributed by atoms with Crippen molar-refractivity contribution in [1.29, 1.82) is 0 Å². The van der Waals surface area contributed by atoms with Crippen LogP contribution >= 0.6 is 0 Å². The SMILES string of the molecule is COC(=O)[C@@H](NC(=O)c1ccc(-c2ccccc2)cc1)[C@H](C)NC(=O)OCC1c2ccccc2-c2ccccc21. The van der Waals surface area contributed by atoms with Gasteiger partial charge in [-0.1, -0.05) is 91.0 Å². The van der Waals surface area contributed by atoms with Crippen LogP contribution in [0.15, 0.2) is 103 Å². The molecule has 5 rings (SSSR count). The topological polar surface area (TPSA) is 93.7 Å². The Morgan fingerprint density at radius 3 is 1.88 bits per heavy atom. The minimum Gasteiger partial charge on any atom is -0.467 e. The third kappa shape index (κ3) is 5.59. The summed E-state index contributed by atoms with van der Waals surface area (Å²) in [4.78, 5) is 38.3. The Bertz CT molecular complexity index is 1470. The van der Waals surface area contributed by atoms with E-state index in [1.54, 1.807) is 19.1 Å². The van der Waals surface area contributed by atoms with Crippen molar-refractivity contribution in [1.82, 2.24) is 10.6 Å². The van der Waals surface area contributed by atoms with Crippen LogP contribution in [-0.4, -0.2) is 43.8 Å². The third-order valence-electron chi connectivity index (χ3n) is 7.19. The van der Waals surface area contributed by atoms with Gasteiger partial charge in [-0.05, 0) is 52.4 Å². The lowest BCUT2D eigenvalue weighted by atomic mass is 9.98. The van der Waals surface area contributed by atoms with E-state index in [1.807, 2.05) is 78.9 Å². The second-order valence-corrected chi connectivity index (χ2v) is 9.68. The summed E-state index contributed by atoms with van der Waals surface area (Å²) in [6.07, 6.45) is -0.690. The Labute approximate surface area is 233 Å². The van der Waals surface area contributed by atoms with E-state index in [9.17, 15) is 14.4 Å². The molecule has 4 aromatic carbocycles. The standard InChI is InChI=1S/C33H30N2O5/c1-21(34-33(38)40-20-29-27-14-8-6-12-25(27)26-13-7-9-15-28(26)29)30(32(37)39-2)35-31(36)24-18-16-23(17-19-24)22-10-4-3-5-11-22/h3-19,21,29-30H,20H2,1-2H3,(H,34,38)(H,35,36)/t21-,30-/m0/s1. The molecule has 0 bridgehead atoms. The summed E-state index contributed by atoms with van der Waals surface area (Å²) in [5, 5.41) is 5.37. The van der Waals surface area contributed by atoms with E-state index in [1.165, 1.54) is 7.11 Å². The maximum atomic E-state index is 13.0. The first-order chi connectivity index (χ1) is 19.5. The average molecular weight is 535 g/mol. The maximum absolute atomic E-state index is 13.0. The van der Waals surface area contributed by atoms with Gasteiger partial charge in [-0.25, -0.2) is 9.59 Å². The summed E-state index contributed by atoms with van der Waals surface area (Å²) >= 11 is 0. The van der Waals surface area contributed by atoms with Gasteiger partial charge in [0.2, 0.25) is 0 Å². The number of nitrogens with one attached hydrogen (secondary N) is 2. The molecule has 7 heteroatoms. The predicted molar refractivity (Wildman–Crippen MR) is 153 cm³/mol. The van der Waals surface area contributed by atoms with Crippen LogP contribution in [0.2, 0.25) is 0 Å². The molecule has 0 spiro atoms. The summed E-state index contributed by atoms with van der Waals surface area (Å²) in [5.74, 6) is -1.24. The Hall–Kier alpha value is -4.91. The van der Waals surface area contributed by atoms with E-state index >= 15 is 0 Å². The summed E-state index contributed by atoms with van der Waals surface area (Å²) < 4.78 is 10.5. The lowest BCUT2D eigenvalue weighted by molar-refractivity contribution is -0.143. The quantitative estimate of drug-likeness (QED) is 0.289. The molecule has 0 radical (unpaired) electrons. The number of rotatable bonds is 8. The monoisotopic (exact) mass is 534 g/mol. The second-order valence-electron chi connectivity index (χ2n) is 9.68. The Morgan fingerprint density at radius 1 is 0.725 bits per heavy atom. The van der Waals surface area contributed by atoms with Gasteiger partial charge in [0.1, 0.15) is 12.6 Å². The number of esters is 1. The zero-order valence-corrected chi connectivity index (χ0v) is 22.3. The molecule has 1 aliphatic carbocycles. The van der Waals surface area contributed by atoms with Crippen molar-refractivity contribution in [2.24, 2.45) is 0 Å². The Balaban J connectivity index is 1.22. The molecule has 0 saturated carbocycles. The molecule has 0 unspecified atom stereocenters. The number of carbonyl (C=O) groups is 3. The molecule has 0 aromatic heterocycles. The molecule has 0 fully saturated rings. The summed E-state index contributed by atoms with van der Waals surface area (Å²) in [7, 11) is 1.23. The van der Waals surface area contributed by atoms with Crippen molar-refractivity contribution in [3.05, 3.63) is 120 Å². The highest BCUT2D eigenvalue weighted by atomic mass is 16.5. The van der Waals surface area contributed by atoms with Crippen molar-refractivity contribution < 1.29 is 23.9 Å². The number of carbonyl (C=O) groups excluding carboxylic acids is 3. The van der Waals surface area contributed by atoms with Gasteiger partial charge in [-0.3, -0.25) is 4.79 Å². The molecular formula is C33H30N2O5. The third-order valence-corrected chi connectivity index (χ3v) is 7.19. The number of hydrogen-bond acceptors (Lipinski definition) is 5. The number of amides is 2. The summed E-state index contributed by atoms with van der Waals surface area (Å²) in [5.41, 5.74) is 6.83. The molecule has 0 aliphatic heterocycles. The van der Waals surface area contributed by atoms with Gasteiger partial charge >= 0.3 is 12.1 Å². The van der Waals surface area contributed by atoms with Crippen LogP contribution in [0.1, 0.15) is 34.3 Å². The first-order valence-corrected chi connectivity index (χ1v) is 13.1. The Morgan fingerprint density at radius 2 is 1.27 bits per heavy atom. The van der Waals surface area contributed by atoms with E-state index in [0.717, 1.165) is 33.4 Å². The van der Waals surface area contributed by atoms with Crippen LogP contribution in [0.5, 0.6) is 0 Å². The fourth-order valence-corrected chi connectivity index (χ4v) is 5.09. The highest BCUT2D eigenvalue weighted by Crippen LogP contribution is 2.44. The molecule has 2 atom stereocenters. The number of hydrogen-bond donors (Lipinski definition) is 2. The maximum Gasteiger partial charge on any atom is 0.407 e. The van der Waals surface area contributed by atoms with E-state index in [2.05, 4.69) is 22.8 Å². The normalized spacial score (nSPS) is 13.3. The number of methoxy groups -OCH3 is 1. The van der Waals surface area contributed by atoms with Gasteiger partial charge in [-0.2, -0.15) is 0 Å². The van der Waals surface area contributed by atoms with Crippen molar-refractivity contribution in [2.75, 3.05) is 13.7 Å². The highest BCUT2D eigenvalue weighted by Gasteiger charge is 2.32. The van der Waals surface area contributed by atoms with Gasteiger partial charge < -0.3 is 20.1 Å². The minimum absolute atomic E-state index is 0.0941. The van der Waals surface area contributed by atoms with Crippen LogP contribution < -0.4 is 10.6 Å². The minimum atomic E-state index is -1.12. The van der Waals surface area contributed by atoms with Gasteiger partial charge in [-0.15, -0.1) is 0 Å². The van der Waals surface area contributed by atoms with Crippen molar-refractivity contribution in [2.45, 2.75) is 24.9 Å². The van der Waals surface area contributed by atoms with Crippen molar-refractivity contribution in [3.8, 4) is 22.3 Å². The lowest BCUT2D eigenvalue weighted by Gasteiger charge is -2.24. The second kappa shape index (κ2) is 11.9. The number of fused-ring (bicyclic) bond motifs is 3. The van der Waals surface area contributed by atoms with Crippen LogP contribution in [-0.2, 0) is 14.3 Å². The van der Waals surface area contributed by atoms with Crippen molar-refractivity contribution in [3.63, 3.8) is 0 Å². The predicted octanol–water partition coefficient (Wildman–Crippen LogP) is 5.55. The van der Waals surface area contributed by atoms with Crippen LogP contribution in [0.25, 0.3) is 22.3 Å². The zero-order chi connectivity index (χ0) is 28.1. The highest BCUT2D eigenvalue weighted by molar-refractivity contribution is 5.97. The van der Waals surface area contributed by atoms with Gasteiger partial charge in [0.15, 0.2) is 0 Å². The smallest absolute Gasteiger partial charge is 0.407 e. The van der Waals surface area contributed by atoms with Crippen molar-refractivity contribution >= 4 is 18.0 Å². The molecule has 7 nitrogen and oxygen atoms in total. The molecule has 1 aliphatic rings. The number of benzene rings is 4. The van der Waals surface area contributed by atoms with Gasteiger partial charge in [0.05, 0.1) is 13.2 Å². The number of ether oxygens (including phenoxy) is 2. The molecule has 4 aromatic rings. The molecule has 2 N–H and O–H groups in total. The Kier molecular flexibility index (Phi) is 7.92. The lowest BCUT2D eigenvalue weighted by Crippen LogP contribution is -2.54. The summed E-state index contributed by atoms with van der Waals surface area (Å²) in [6, 6.07) is 31.1. The number of alkyl carbamates (subject to hydrolysis) is 1. The summed E-state index contributed by atoms with van der Waals surface area (Å²) in [6.45, 7) is 1.75. The molecular weight excluding hydrogens is 504 g/mol. The van der Waals surface area contributed by atoms with Gasteiger partial charge in [0.25, 0.3) is 5.91 Å². The van der Waals surface area contributed by atoms with E-state index in [-0.39, 0.29) is 12.5 Å². The first-order valence-electron chi connectivity index (χ1n) is 13.1. The zero-order valence-electron chi connectivity index (χ0n) is 22.3. The largest absolute Gasteiger partial charge is 0.467 e. The molecule has 0 heterocycles. The van der Waals surface area contributed by atoms with E-state index in [0.29, 0.717) is 5.56 Å². The average Bonchev–Trinajstić information content (AvgIpc) is 3.32. The molecule has 0 saturated heterocycles. The van der Waals surface area contributed by atoms with E-state index < -0.39 is 30.1 Å². The van der Waals surface area contributed by atoms with Gasteiger partial charge in [0, 0.05) is 11.5 Å². The van der Waals surface area contributed by atoms with Crippen LogP contribution in [0, 0.1) is 0 Å². The fourth-order valence-electron chi connectivity index (χ4n) is 5.09. The molecule has 40 heavy (non-hydrogen) atoms. The molecule has 2 amide bonds. The van der Waals surface area contributed by atoms with Crippen LogP contribution in [0.3, 0.4) is 0 Å². The van der Waals surface area contributed by atoms with Crippen LogP contribution in [0.4, 0.5) is 4.79 Å². The van der Waals surface area contributed by atoms with E-state index in [4.69, 9.17) is 9.47 Å². The first kappa shape index (κ1) is 26.7. The fraction of sp³-hybridized carbons (Fsp3) is 0.182. The molecule has 202 valence electrons.